The Hall–Kier alpha value is -1.62. The second-order valence-corrected chi connectivity index (χ2v) is 6.11. The van der Waals surface area contributed by atoms with E-state index in [1.54, 1.807) is 6.08 Å². The maximum absolute atomic E-state index is 11.7. The quantitative estimate of drug-likeness (QED) is 0.824. The van der Waals surface area contributed by atoms with Gasteiger partial charge in [-0.25, -0.2) is 4.79 Å². The van der Waals surface area contributed by atoms with Crippen LogP contribution in [0, 0.1) is 5.41 Å². The molecule has 0 unspecified atom stereocenters. The maximum atomic E-state index is 11.7. The molecule has 0 aliphatic carbocycles. The summed E-state index contributed by atoms with van der Waals surface area (Å²) in [5.41, 5.74) is -0.400. The summed E-state index contributed by atoms with van der Waals surface area (Å²) >= 11 is 1.46. The minimum Gasteiger partial charge on any atom is -0.478 e. The van der Waals surface area contributed by atoms with E-state index >= 15 is 0 Å². The number of hydrogen-bond acceptors (Lipinski definition) is 3. The van der Waals surface area contributed by atoms with Crippen molar-refractivity contribution in [2.24, 2.45) is 5.41 Å². The van der Waals surface area contributed by atoms with Crippen molar-refractivity contribution in [3.63, 3.8) is 0 Å². The predicted molar refractivity (Wildman–Crippen MR) is 72.3 cm³/mol. The first-order valence-corrected chi connectivity index (χ1v) is 6.39. The molecule has 0 saturated heterocycles. The van der Waals surface area contributed by atoms with Crippen LogP contribution >= 0.6 is 11.3 Å². The van der Waals surface area contributed by atoms with E-state index in [9.17, 15) is 9.59 Å². The van der Waals surface area contributed by atoms with E-state index in [0.29, 0.717) is 6.54 Å². The van der Waals surface area contributed by atoms with Gasteiger partial charge in [0.1, 0.15) is 0 Å². The SMILES string of the molecule is CC(C)(C)C(=O)NCc1ccc(/C=C/C(=O)O)s1. The number of aliphatic carboxylic acids is 1. The Bertz CT molecular complexity index is 469. The molecule has 1 rings (SSSR count). The summed E-state index contributed by atoms with van der Waals surface area (Å²) in [5, 5.41) is 11.4. The number of rotatable bonds is 4. The molecule has 5 heteroatoms. The highest BCUT2D eigenvalue weighted by Gasteiger charge is 2.20. The summed E-state index contributed by atoms with van der Waals surface area (Å²) in [7, 11) is 0. The molecule has 0 aliphatic rings. The van der Waals surface area contributed by atoms with Gasteiger partial charge in [-0.2, -0.15) is 0 Å². The summed E-state index contributed by atoms with van der Waals surface area (Å²) in [4.78, 5) is 23.9. The molecule has 18 heavy (non-hydrogen) atoms. The maximum Gasteiger partial charge on any atom is 0.328 e. The van der Waals surface area contributed by atoms with Gasteiger partial charge in [0.05, 0.1) is 6.54 Å². The zero-order valence-electron chi connectivity index (χ0n) is 10.7. The highest BCUT2D eigenvalue weighted by Crippen LogP contribution is 2.19. The van der Waals surface area contributed by atoms with Crippen molar-refractivity contribution in [1.82, 2.24) is 5.32 Å². The van der Waals surface area contributed by atoms with Gasteiger partial charge in [-0.05, 0) is 18.2 Å². The van der Waals surface area contributed by atoms with Crippen LogP contribution in [0.4, 0.5) is 0 Å². The highest BCUT2D eigenvalue weighted by molar-refractivity contribution is 7.12. The largest absolute Gasteiger partial charge is 0.478 e. The second kappa shape index (κ2) is 5.82. The molecule has 0 aromatic carbocycles. The van der Waals surface area contributed by atoms with E-state index < -0.39 is 11.4 Å². The van der Waals surface area contributed by atoms with Gasteiger partial charge in [0.15, 0.2) is 0 Å². The van der Waals surface area contributed by atoms with Crippen LogP contribution in [0.15, 0.2) is 18.2 Å². The molecular weight excluding hydrogens is 250 g/mol. The molecule has 0 fully saturated rings. The molecule has 0 radical (unpaired) electrons. The van der Waals surface area contributed by atoms with E-state index in [-0.39, 0.29) is 5.91 Å². The minimum atomic E-state index is -0.967. The van der Waals surface area contributed by atoms with Crippen LogP contribution < -0.4 is 5.32 Å². The molecule has 0 atom stereocenters. The first kappa shape index (κ1) is 14.4. The third-order valence-electron chi connectivity index (χ3n) is 2.18. The van der Waals surface area contributed by atoms with E-state index in [0.717, 1.165) is 15.8 Å². The zero-order chi connectivity index (χ0) is 13.8. The first-order valence-electron chi connectivity index (χ1n) is 5.57. The summed E-state index contributed by atoms with van der Waals surface area (Å²) in [6.45, 7) is 6.05. The van der Waals surface area contributed by atoms with Crippen molar-refractivity contribution in [2.75, 3.05) is 0 Å². The molecule has 0 spiro atoms. The third kappa shape index (κ3) is 4.71. The molecule has 0 aliphatic heterocycles. The van der Waals surface area contributed by atoms with Crippen LogP contribution in [-0.2, 0) is 16.1 Å². The van der Waals surface area contributed by atoms with Gasteiger partial charge < -0.3 is 10.4 Å². The number of carboxylic acids is 1. The van der Waals surface area contributed by atoms with Crippen molar-refractivity contribution in [3.05, 3.63) is 28.0 Å². The minimum absolute atomic E-state index is 0.00136. The Labute approximate surface area is 110 Å². The summed E-state index contributed by atoms with van der Waals surface area (Å²) < 4.78 is 0. The van der Waals surface area contributed by atoms with Gasteiger partial charge in [0.25, 0.3) is 0 Å². The number of hydrogen-bond donors (Lipinski definition) is 2. The van der Waals surface area contributed by atoms with Crippen molar-refractivity contribution in [1.29, 1.82) is 0 Å². The van der Waals surface area contributed by atoms with Gasteiger partial charge in [-0.3, -0.25) is 4.79 Å². The lowest BCUT2D eigenvalue weighted by molar-refractivity contribution is -0.131. The fourth-order valence-electron chi connectivity index (χ4n) is 1.17. The third-order valence-corrected chi connectivity index (χ3v) is 3.23. The van der Waals surface area contributed by atoms with E-state index in [4.69, 9.17) is 5.11 Å². The van der Waals surface area contributed by atoms with Crippen molar-refractivity contribution < 1.29 is 14.7 Å². The van der Waals surface area contributed by atoms with Crippen LogP contribution in [0.25, 0.3) is 6.08 Å². The van der Waals surface area contributed by atoms with Gasteiger partial charge in [-0.1, -0.05) is 20.8 Å². The average Bonchev–Trinajstić information content (AvgIpc) is 2.69. The van der Waals surface area contributed by atoms with Crippen molar-refractivity contribution in [3.8, 4) is 0 Å². The molecule has 1 aromatic heterocycles. The smallest absolute Gasteiger partial charge is 0.328 e. The van der Waals surface area contributed by atoms with Crippen molar-refractivity contribution in [2.45, 2.75) is 27.3 Å². The Kier molecular flexibility index (Phi) is 4.67. The van der Waals surface area contributed by atoms with Crippen LogP contribution in [0.2, 0.25) is 0 Å². The Morgan fingerprint density at radius 2 is 2.06 bits per heavy atom. The standard InChI is InChI=1S/C13H17NO3S/c1-13(2,3)12(17)14-8-10-5-4-9(18-10)6-7-11(15)16/h4-7H,8H2,1-3H3,(H,14,17)(H,15,16)/b7-6+. The molecular formula is C13H17NO3S. The Morgan fingerprint density at radius 1 is 1.39 bits per heavy atom. The van der Waals surface area contributed by atoms with Crippen LogP contribution in [0.5, 0.6) is 0 Å². The summed E-state index contributed by atoms with van der Waals surface area (Å²) in [5.74, 6) is -0.968. The zero-order valence-corrected chi connectivity index (χ0v) is 11.5. The van der Waals surface area contributed by atoms with E-state index in [1.165, 1.54) is 11.3 Å². The summed E-state index contributed by atoms with van der Waals surface area (Å²) in [6.07, 6.45) is 2.64. The molecule has 2 N–H and O–H groups in total. The number of nitrogens with one attached hydrogen (secondary N) is 1. The lowest BCUT2D eigenvalue weighted by atomic mass is 9.96. The molecule has 1 heterocycles. The number of thiophene rings is 1. The fraction of sp³-hybridized carbons (Fsp3) is 0.385. The highest BCUT2D eigenvalue weighted by atomic mass is 32.1. The fourth-order valence-corrected chi connectivity index (χ4v) is 2.02. The molecule has 0 saturated carbocycles. The molecule has 98 valence electrons. The molecule has 4 nitrogen and oxygen atoms in total. The summed E-state index contributed by atoms with van der Waals surface area (Å²) in [6, 6.07) is 3.72. The normalized spacial score (nSPS) is 11.7. The van der Waals surface area contributed by atoms with Gasteiger partial charge in [-0.15, -0.1) is 11.3 Å². The molecule has 0 bridgehead atoms. The lowest BCUT2D eigenvalue weighted by Gasteiger charge is -2.17. The van der Waals surface area contributed by atoms with Crippen LogP contribution in [-0.4, -0.2) is 17.0 Å². The Balaban J connectivity index is 2.55. The van der Waals surface area contributed by atoms with Crippen molar-refractivity contribution >= 4 is 29.3 Å². The lowest BCUT2D eigenvalue weighted by Crippen LogP contribution is -2.34. The number of amides is 1. The molecule has 1 aromatic rings. The number of carboxylic acid groups (broad SMARTS) is 1. The second-order valence-electron chi connectivity index (χ2n) is 4.91. The van der Waals surface area contributed by atoms with Gasteiger partial charge in [0.2, 0.25) is 5.91 Å². The molecule has 1 amide bonds. The number of carbonyl (C=O) groups is 2. The monoisotopic (exact) mass is 267 g/mol. The van der Waals surface area contributed by atoms with Crippen LogP contribution in [0.3, 0.4) is 0 Å². The topological polar surface area (TPSA) is 66.4 Å². The number of carbonyl (C=O) groups excluding carboxylic acids is 1. The predicted octanol–water partition coefficient (Wildman–Crippen LogP) is 2.51. The average molecular weight is 267 g/mol. The Morgan fingerprint density at radius 3 is 2.61 bits per heavy atom. The van der Waals surface area contributed by atoms with Gasteiger partial charge in [0, 0.05) is 21.2 Å². The van der Waals surface area contributed by atoms with Crippen LogP contribution in [0.1, 0.15) is 30.5 Å². The first-order chi connectivity index (χ1) is 8.29. The van der Waals surface area contributed by atoms with E-state index in [2.05, 4.69) is 5.32 Å². The van der Waals surface area contributed by atoms with E-state index in [1.807, 2.05) is 32.9 Å². The van der Waals surface area contributed by atoms with Gasteiger partial charge >= 0.3 is 5.97 Å².